The lowest BCUT2D eigenvalue weighted by molar-refractivity contribution is 0.565. The summed E-state index contributed by atoms with van der Waals surface area (Å²) in [6.07, 6.45) is 3.30. The van der Waals surface area contributed by atoms with E-state index < -0.39 is 0 Å². The van der Waals surface area contributed by atoms with Crippen molar-refractivity contribution in [1.82, 2.24) is 0 Å². The van der Waals surface area contributed by atoms with Crippen LogP contribution in [0.3, 0.4) is 0 Å². The third kappa shape index (κ3) is 2.76. The van der Waals surface area contributed by atoms with Crippen LogP contribution in [0.15, 0.2) is 46.1 Å². The van der Waals surface area contributed by atoms with Gasteiger partial charge in [0.05, 0.1) is 12.5 Å². The van der Waals surface area contributed by atoms with Gasteiger partial charge in [-0.25, -0.2) is 4.39 Å². The fraction of sp³-hybridized carbons (Fsp3) is 0.0909. The summed E-state index contributed by atoms with van der Waals surface area (Å²) < 4.78 is 17.9. The molecule has 0 aliphatic carbocycles. The van der Waals surface area contributed by atoms with Crippen molar-refractivity contribution >= 4 is 17.4 Å². The number of nitrogens with two attached hydrogens (primary N) is 1. The van der Waals surface area contributed by atoms with Gasteiger partial charge in [-0.05, 0) is 24.3 Å². The van der Waals surface area contributed by atoms with E-state index in [1.54, 1.807) is 18.6 Å². The molecule has 2 aromatic rings. The second-order valence-electron chi connectivity index (χ2n) is 3.14. The molecule has 15 heavy (non-hydrogen) atoms. The van der Waals surface area contributed by atoms with E-state index in [9.17, 15) is 4.39 Å². The van der Waals surface area contributed by atoms with Crippen LogP contribution in [0.4, 0.5) is 10.1 Å². The van der Waals surface area contributed by atoms with Crippen LogP contribution in [0.2, 0.25) is 0 Å². The second kappa shape index (κ2) is 4.40. The quantitative estimate of drug-likeness (QED) is 0.641. The molecule has 0 fully saturated rings. The van der Waals surface area contributed by atoms with Crippen molar-refractivity contribution in [3.8, 4) is 0 Å². The molecule has 78 valence electrons. The first kappa shape index (κ1) is 10.1. The molecule has 1 heterocycles. The van der Waals surface area contributed by atoms with Gasteiger partial charge in [-0.3, -0.25) is 0 Å². The Morgan fingerprint density at radius 3 is 2.87 bits per heavy atom. The lowest BCUT2D eigenvalue weighted by Crippen LogP contribution is -1.87. The lowest BCUT2D eigenvalue weighted by Gasteiger charge is -2.01. The maximum atomic E-state index is 13.0. The first-order chi connectivity index (χ1) is 7.24. The van der Waals surface area contributed by atoms with Crippen molar-refractivity contribution in [3.05, 3.63) is 48.2 Å². The fourth-order valence-electron chi connectivity index (χ4n) is 1.21. The first-order valence-electron chi connectivity index (χ1n) is 4.44. The minimum absolute atomic E-state index is 0.301. The summed E-state index contributed by atoms with van der Waals surface area (Å²) in [4.78, 5) is 0.828. The van der Waals surface area contributed by atoms with Crippen LogP contribution in [0.25, 0.3) is 0 Å². The van der Waals surface area contributed by atoms with Crippen LogP contribution in [0, 0.1) is 5.82 Å². The van der Waals surface area contributed by atoms with E-state index in [1.165, 1.54) is 23.9 Å². The van der Waals surface area contributed by atoms with Gasteiger partial charge in [0.2, 0.25) is 0 Å². The van der Waals surface area contributed by atoms with Gasteiger partial charge >= 0.3 is 0 Å². The molecule has 0 aliphatic rings. The molecular weight excluding hydrogens is 213 g/mol. The van der Waals surface area contributed by atoms with Gasteiger partial charge in [-0.2, -0.15) is 0 Å². The highest BCUT2D eigenvalue weighted by Crippen LogP contribution is 2.25. The van der Waals surface area contributed by atoms with Crippen LogP contribution in [-0.2, 0) is 5.75 Å². The molecular formula is C11H10FNOS. The van der Waals surface area contributed by atoms with Crippen molar-refractivity contribution in [2.24, 2.45) is 0 Å². The van der Waals surface area contributed by atoms with E-state index in [0.717, 1.165) is 16.2 Å². The summed E-state index contributed by atoms with van der Waals surface area (Å²) in [5.74, 6) is 0.448. The lowest BCUT2D eigenvalue weighted by atomic mass is 10.3. The summed E-state index contributed by atoms with van der Waals surface area (Å²) in [6.45, 7) is 0. The Hall–Kier alpha value is -1.42. The molecule has 2 N–H and O–H groups in total. The zero-order valence-corrected chi connectivity index (χ0v) is 8.76. The minimum atomic E-state index is -0.301. The van der Waals surface area contributed by atoms with Gasteiger partial charge < -0.3 is 10.2 Å². The van der Waals surface area contributed by atoms with Crippen molar-refractivity contribution < 1.29 is 8.81 Å². The number of rotatable bonds is 3. The highest BCUT2D eigenvalue weighted by atomic mass is 32.2. The average molecular weight is 223 g/mol. The van der Waals surface area contributed by atoms with Gasteiger partial charge in [0.15, 0.2) is 0 Å². The molecule has 1 aromatic heterocycles. The van der Waals surface area contributed by atoms with Gasteiger partial charge in [-0.1, -0.05) is 0 Å². The van der Waals surface area contributed by atoms with E-state index in [1.807, 2.05) is 6.07 Å². The molecule has 0 saturated heterocycles. The molecule has 4 heteroatoms. The summed E-state index contributed by atoms with van der Waals surface area (Å²) in [5, 5.41) is 0. The van der Waals surface area contributed by atoms with Crippen LogP contribution in [0.5, 0.6) is 0 Å². The summed E-state index contributed by atoms with van der Waals surface area (Å²) >= 11 is 1.53. The molecule has 0 atom stereocenters. The number of halogens is 1. The molecule has 2 nitrogen and oxygen atoms in total. The van der Waals surface area contributed by atoms with Gasteiger partial charge in [0.1, 0.15) is 5.82 Å². The largest absolute Gasteiger partial charge is 0.472 e. The smallest absolute Gasteiger partial charge is 0.126 e. The second-order valence-corrected chi connectivity index (χ2v) is 4.19. The Bertz CT molecular complexity index is 422. The minimum Gasteiger partial charge on any atom is -0.472 e. The number of anilines is 1. The molecule has 0 spiro atoms. The topological polar surface area (TPSA) is 39.2 Å². The summed E-state index contributed by atoms with van der Waals surface area (Å²) in [5.41, 5.74) is 7.06. The van der Waals surface area contributed by atoms with Crippen molar-refractivity contribution in [3.63, 3.8) is 0 Å². The summed E-state index contributed by atoms with van der Waals surface area (Å²) in [7, 11) is 0. The summed E-state index contributed by atoms with van der Waals surface area (Å²) in [6, 6.07) is 6.42. The Balaban J connectivity index is 2.05. The number of nitrogen functional groups attached to an aromatic ring is 1. The Labute approximate surface area is 91.3 Å². The Morgan fingerprint density at radius 2 is 2.20 bits per heavy atom. The Morgan fingerprint density at radius 1 is 1.33 bits per heavy atom. The monoisotopic (exact) mass is 223 g/mol. The van der Waals surface area contributed by atoms with E-state index in [0.29, 0.717) is 5.69 Å². The number of furan rings is 1. The SMILES string of the molecule is Nc1cc(F)cc(SCc2ccoc2)c1. The zero-order valence-electron chi connectivity index (χ0n) is 7.94. The molecule has 0 saturated carbocycles. The predicted molar refractivity (Wildman–Crippen MR) is 59.1 cm³/mol. The van der Waals surface area contributed by atoms with Crippen LogP contribution >= 0.6 is 11.8 Å². The molecule has 1 aromatic carbocycles. The van der Waals surface area contributed by atoms with Crippen LogP contribution in [0.1, 0.15) is 5.56 Å². The van der Waals surface area contributed by atoms with E-state index in [4.69, 9.17) is 10.2 Å². The highest BCUT2D eigenvalue weighted by molar-refractivity contribution is 7.98. The first-order valence-corrected chi connectivity index (χ1v) is 5.42. The zero-order chi connectivity index (χ0) is 10.7. The molecule has 0 amide bonds. The number of benzene rings is 1. The van der Waals surface area contributed by atoms with E-state index in [2.05, 4.69) is 0 Å². The van der Waals surface area contributed by atoms with Gasteiger partial charge in [0, 0.05) is 21.9 Å². The van der Waals surface area contributed by atoms with Crippen molar-refractivity contribution in [2.75, 3.05) is 5.73 Å². The van der Waals surface area contributed by atoms with E-state index >= 15 is 0 Å². The third-order valence-corrected chi connectivity index (χ3v) is 2.93. The van der Waals surface area contributed by atoms with Crippen molar-refractivity contribution in [2.45, 2.75) is 10.6 Å². The van der Waals surface area contributed by atoms with Gasteiger partial charge in [-0.15, -0.1) is 11.8 Å². The number of hydrogen-bond donors (Lipinski definition) is 1. The van der Waals surface area contributed by atoms with E-state index in [-0.39, 0.29) is 5.82 Å². The molecule has 0 aliphatic heterocycles. The molecule has 0 unspecified atom stereocenters. The normalized spacial score (nSPS) is 10.5. The maximum Gasteiger partial charge on any atom is 0.126 e. The average Bonchev–Trinajstić information content (AvgIpc) is 2.65. The predicted octanol–water partition coefficient (Wildman–Crippen LogP) is 3.29. The molecule has 0 bridgehead atoms. The van der Waals surface area contributed by atoms with Crippen LogP contribution in [-0.4, -0.2) is 0 Å². The fourth-order valence-corrected chi connectivity index (χ4v) is 2.12. The maximum absolute atomic E-state index is 13.0. The van der Waals surface area contributed by atoms with Gasteiger partial charge in [0.25, 0.3) is 0 Å². The van der Waals surface area contributed by atoms with Crippen molar-refractivity contribution in [1.29, 1.82) is 0 Å². The number of hydrogen-bond acceptors (Lipinski definition) is 3. The molecule has 2 rings (SSSR count). The number of thioether (sulfide) groups is 1. The van der Waals surface area contributed by atoms with Crippen LogP contribution < -0.4 is 5.73 Å². The standard InChI is InChI=1S/C11H10FNOS/c12-9-3-10(13)5-11(4-9)15-7-8-1-2-14-6-8/h1-6H,7,13H2. The Kier molecular flexibility index (Phi) is 2.97. The highest BCUT2D eigenvalue weighted by Gasteiger charge is 2.01. The third-order valence-electron chi connectivity index (χ3n) is 1.88. The molecule has 0 radical (unpaired) electrons.